The number of piperidine rings is 1. The van der Waals surface area contributed by atoms with Gasteiger partial charge in [0.15, 0.2) is 0 Å². The molecule has 1 aliphatic heterocycles. The van der Waals surface area contributed by atoms with Gasteiger partial charge in [0.2, 0.25) is 5.91 Å². The van der Waals surface area contributed by atoms with Crippen molar-refractivity contribution in [1.29, 1.82) is 0 Å². The number of thiophene rings is 1. The average molecular weight is 414 g/mol. The van der Waals surface area contributed by atoms with E-state index >= 15 is 0 Å². The van der Waals surface area contributed by atoms with Crippen LogP contribution in [0.25, 0.3) is 5.69 Å². The third-order valence-corrected chi connectivity index (χ3v) is 6.00. The highest BCUT2D eigenvalue weighted by Crippen LogP contribution is 2.27. The molecule has 1 aliphatic rings. The molecule has 0 saturated carbocycles. The fourth-order valence-electron chi connectivity index (χ4n) is 3.49. The monoisotopic (exact) mass is 413 g/mol. The molecule has 3 aromatic rings. The van der Waals surface area contributed by atoms with Crippen molar-refractivity contribution >= 4 is 40.4 Å². The minimum atomic E-state index is -0.231. The standard InChI is InChI=1S/C21H20ClN3O2S/c22-16-7-8-17(18(13-16)24-9-1-2-10-24)23-20(26)15-5-3-11-25(14-15)21(27)19-6-4-12-28-19/h1-2,4,6-10,12-13,15H,3,5,11,14H2,(H,23,26). The van der Waals surface area contributed by atoms with E-state index in [2.05, 4.69) is 5.32 Å². The van der Waals surface area contributed by atoms with Gasteiger partial charge in [0.05, 0.1) is 22.2 Å². The minimum absolute atomic E-state index is 0.00650. The lowest BCUT2D eigenvalue weighted by Gasteiger charge is -2.32. The third kappa shape index (κ3) is 3.98. The van der Waals surface area contributed by atoms with Crippen molar-refractivity contribution in [2.45, 2.75) is 12.8 Å². The number of nitrogens with one attached hydrogen (secondary N) is 1. The van der Waals surface area contributed by atoms with Crippen LogP contribution in [-0.2, 0) is 4.79 Å². The summed E-state index contributed by atoms with van der Waals surface area (Å²) in [6, 6.07) is 12.9. The number of carbonyl (C=O) groups is 2. The highest BCUT2D eigenvalue weighted by molar-refractivity contribution is 7.12. The molecule has 5 nitrogen and oxygen atoms in total. The number of amides is 2. The summed E-state index contributed by atoms with van der Waals surface area (Å²) in [4.78, 5) is 28.1. The Morgan fingerprint density at radius 2 is 1.96 bits per heavy atom. The smallest absolute Gasteiger partial charge is 0.263 e. The Bertz CT molecular complexity index is 970. The van der Waals surface area contributed by atoms with E-state index in [1.165, 1.54) is 11.3 Å². The Labute approximate surface area is 172 Å². The number of aromatic nitrogens is 1. The molecule has 0 radical (unpaired) electrons. The second-order valence-corrected chi connectivity index (χ2v) is 8.19. The average Bonchev–Trinajstić information content (AvgIpc) is 3.43. The summed E-state index contributed by atoms with van der Waals surface area (Å²) in [5.41, 5.74) is 1.51. The van der Waals surface area contributed by atoms with Crippen LogP contribution in [0.4, 0.5) is 5.69 Å². The summed E-state index contributed by atoms with van der Waals surface area (Å²) in [5, 5.41) is 5.53. The summed E-state index contributed by atoms with van der Waals surface area (Å²) in [7, 11) is 0. The molecule has 28 heavy (non-hydrogen) atoms. The van der Waals surface area contributed by atoms with Crippen molar-refractivity contribution in [2.24, 2.45) is 5.92 Å². The third-order valence-electron chi connectivity index (χ3n) is 4.91. The van der Waals surface area contributed by atoms with Crippen molar-refractivity contribution in [3.63, 3.8) is 0 Å². The number of hydrogen-bond donors (Lipinski definition) is 1. The van der Waals surface area contributed by atoms with E-state index in [0.29, 0.717) is 28.7 Å². The first-order valence-electron chi connectivity index (χ1n) is 9.18. The zero-order valence-corrected chi connectivity index (χ0v) is 16.7. The van der Waals surface area contributed by atoms with Gasteiger partial charge in [0.1, 0.15) is 0 Å². The zero-order valence-electron chi connectivity index (χ0n) is 15.2. The molecule has 1 saturated heterocycles. The molecule has 0 bridgehead atoms. The highest BCUT2D eigenvalue weighted by Gasteiger charge is 2.29. The Morgan fingerprint density at radius 1 is 1.14 bits per heavy atom. The van der Waals surface area contributed by atoms with Crippen molar-refractivity contribution < 1.29 is 9.59 Å². The lowest BCUT2D eigenvalue weighted by atomic mass is 9.96. The first-order chi connectivity index (χ1) is 13.6. The van der Waals surface area contributed by atoms with Crippen LogP contribution in [0.15, 0.2) is 60.2 Å². The molecule has 2 aromatic heterocycles. The van der Waals surface area contributed by atoms with Crippen molar-refractivity contribution in [3.05, 3.63) is 70.1 Å². The summed E-state index contributed by atoms with van der Waals surface area (Å²) >= 11 is 7.58. The summed E-state index contributed by atoms with van der Waals surface area (Å²) in [5.74, 6) is -0.294. The van der Waals surface area contributed by atoms with E-state index < -0.39 is 0 Å². The van der Waals surface area contributed by atoms with Crippen LogP contribution in [0, 0.1) is 5.92 Å². The normalized spacial score (nSPS) is 16.8. The Kier molecular flexibility index (Phi) is 5.50. The fraction of sp³-hybridized carbons (Fsp3) is 0.238. The minimum Gasteiger partial charge on any atom is -0.337 e. The largest absolute Gasteiger partial charge is 0.337 e. The highest BCUT2D eigenvalue weighted by atomic mass is 35.5. The lowest BCUT2D eigenvalue weighted by Crippen LogP contribution is -2.43. The fourth-order valence-corrected chi connectivity index (χ4v) is 4.34. The van der Waals surface area contributed by atoms with Crippen molar-refractivity contribution in [3.8, 4) is 5.69 Å². The number of carbonyl (C=O) groups excluding carboxylic acids is 2. The lowest BCUT2D eigenvalue weighted by molar-refractivity contribution is -0.121. The molecule has 2 amide bonds. The topological polar surface area (TPSA) is 54.3 Å². The predicted molar refractivity (Wildman–Crippen MR) is 112 cm³/mol. The van der Waals surface area contributed by atoms with Crippen LogP contribution in [-0.4, -0.2) is 34.4 Å². The molecule has 0 aliphatic carbocycles. The molecule has 1 aromatic carbocycles. The molecule has 1 N–H and O–H groups in total. The van der Waals surface area contributed by atoms with Gasteiger partial charge in [-0.2, -0.15) is 0 Å². The van der Waals surface area contributed by atoms with Gasteiger partial charge in [-0.15, -0.1) is 11.3 Å². The summed E-state index contributed by atoms with van der Waals surface area (Å²) in [6.07, 6.45) is 5.40. The molecule has 1 unspecified atom stereocenters. The van der Waals surface area contributed by atoms with Gasteiger partial charge < -0.3 is 14.8 Å². The van der Waals surface area contributed by atoms with E-state index in [1.807, 2.05) is 58.7 Å². The van der Waals surface area contributed by atoms with Gasteiger partial charge >= 0.3 is 0 Å². The molecule has 7 heteroatoms. The number of benzene rings is 1. The van der Waals surface area contributed by atoms with Crippen molar-refractivity contribution in [1.82, 2.24) is 9.47 Å². The molecular formula is C21H20ClN3O2S. The van der Waals surface area contributed by atoms with Gasteiger partial charge in [-0.1, -0.05) is 17.7 Å². The number of hydrogen-bond acceptors (Lipinski definition) is 3. The van der Waals surface area contributed by atoms with Crippen molar-refractivity contribution in [2.75, 3.05) is 18.4 Å². The number of nitrogens with zero attached hydrogens (tertiary/aromatic N) is 2. The van der Waals surface area contributed by atoms with Gasteiger partial charge in [-0.05, 0) is 54.6 Å². The molecule has 1 fully saturated rings. The second-order valence-electron chi connectivity index (χ2n) is 6.81. The van der Waals surface area contributed by atoms with Gasteiger partial charge in [-0.25, -0.2) is 0 Å². The van der Waals surface area contributed by atoms with Crippen LogP contribution in [0.5, 0.6) is 0 Å². The Morgan fingerprint density at radius 3 is 2.71 bits per heavy atom. The summed E-state index contributed by atoms with van der Waals surface area (Å²) in [6.45, 7) is 1.13. The number of halogens is 1. The maximum atomic E-state index is 12.9. The first-order valence-corrected chi connectivity index (χ1v) is 10.4. The molecule has 1 atom stereocenters. The number of likely N-dealkylation sites (tertiary alicyclic amines) is 1. The molecule has 3 heterocycles. The van der Waals surface area contributed by atoms with Gasteiger partial charge in [0.25, 0.3) is 5.91 Å². The molecular weight excluding hydrogens is 394 g/mol. The molecule has 144 valence electrons. The van der Waals surface area contributed by atoms with E-state index in [4.69, 9.17) is 11.6 Å². The van der Waals surface area contributed by atoms with Crippen LogP contribution >= 0.6 is 22.9 Å². The first kappa shape index (κ1) is 18.8. The van der Waals surface area contributed by atoms with Gasteiger partial charge in [0, 0.05) is 30.5 Å². The van der Waals surface area contributed by atoms with E-state index in [-0.39, 0.29) is 17.7 Å². The number of rotatable bonds is 4. The Hall–Kier alpha value is -2.57. The van der Waals surface area contributed by atoms with Crippen LogP contribution < -0.4 is 5.32 Å². The SMILES string of the molecule is O=C(Nc1ccc(Cl)cc1-n1cccc1)C1CCCN(C(=O)c2cccs2)C1. The number of anilines is 1. The van der Waals surface area contributed by atoms with E-state index in [0.717, 1.165) is 18.5 Å². The Balaban J connectivity index is 1.49. The quantitative estimate of drug-likeness (QED) is 0.675. The maximum Gasteiger partial charge on any atom is 0.263 e. The predicted octanol–water partition coefficient (Wildman–Crippen LogP) is 4.68. The van der Waals surface area contributed by atoms with Crippen LogP contribution in [0.1, 0.15) is 22.5 Å². The van der Waals surface area contributed by atoms with Crippen LogP contribution in [0.2, 0.25) is 5.02 Å². The van der Waals surface area contributed by atoms with E-state index in [9.17, 15) is 9.59 Å². The molecule has 4 rings (SSSR count). The maximum absolute atomic E-state index is 12.9. The molecule has 0 spiro atoms. The van der Waals surface area contributed by atoms with Gasteiger partial charge in [-0.3, -0.25) is 9.59 Å². The summed E-state index contributed by atoms with van der Waals surface area (Å²) < 4.78 is 1.91. The van der Waals surface area contributed by atoms with Crippen LogP contribution in [0.3, 0.4) is 0 Å². The second kappa shape index (κ2) is 8.20. The van der Waals surface area contributed by atoms with E-state index in [1.54, 1.807) is 11.0 Å². The zero-order chi connectivity index (χ0) is 19.5.